The summed E-state index contributed by atoms with van der Waals surface area (Å²) in [5.74, 6) is 0. The van der Waals surface area contributed by atoms with Crippen molar-refractivity contribution < 1.29 is 5.11 Å². The zero-order valence-electron chi connectivity index (χ0n) is 9.31. The zero-order chi connectivity index (χ0) is 11.9. The number of nitrogens with zero attached hydrogens (tertiary/aromatic N) is 2. The van der Waals surface area contributed by atoms with E-state index in [0.717, 1.165) is 24.1 Å². The van der Waals surface area contributed by atoms with Crippen molar-refractivity contribution in [3.8, 4) is 5.69 Å². The van der Waals surface area contributed by atoms with Crippen molar-refractivity contribution in [2.75, 3.05) is 0 Å². The number of hydrogen-bond donors (Lipinski definition) is 1. The Hall–Kier alpha value is -1.32. The maximum absolute atomic E-state index is 9.87. The van der Waals surface area contributed by atoms with E-state index in [9.17, 15) is 5.11 Å². The van der Waals surface area contributed by atoms with Gasteiger partial charge < -0.3 is 9.67 Å². The van der Waals surface area contributed by atoms with Gasteiger partial charge in [-0.1, -0.05) is 17.7 Å². The van der Waals surface area contributed by atoms with Crippen LogP contribution < -0.4 is 0 Å². The predicted molar refractivity (Wildman–Crippen MR) is 66.5 cm³/mol. The van der Waals surface area contributed by atoms with Crippen LogP contribution in [0, 0.1) is 0 Å². The highest BCUT2D eigenvalue weighted by atomic mass is 35.5. The van der Waals surface area contributed by atoms with Crippen LogP contribution in [0.1, 0.15) is 18.4 Å². The summed E-state index contributed by atoms with van der Waals surface area (Å²) in [7, 11) is 0. The molecule has 2 aromatic rings. The smallest absolute Gasteiger partial charge is 0.0992 e. The molecular weight excluding hydrogens is 236 g/mol. The monoisotopic (exact) mass is 248 g/mol. The van der Waals surface area contributed by atoms with Crippen LogP contribution in [0.2, 0.25) is 5.02 Å². The molecule has 0 aliphatic heterocycles. The standard InChI is InChI=1S/C13H13ClN2O/c14-11-7-10(8-13(17)3-4-13)1-2-12(11)16-6-5-15-9-16/h1-2,5-7,9,17H,3-4,8H2. The first kappa shape index (κ1) is 10.8. The Balaban J connectivity index is 1.89. The van der Waals surface area contributed by atoms with Gasteiger partial charge in [-0.05, 0) is 30.5 Å². The molecule has 3 rings (SSSR count). The fraction of sp³-hybridized carbons (Fsp3) is 0.308. The van der Waals surface area contributed by atoms with Gasteiger partial charge in [-0.15, -0.1) is 0 Å². The van der Waals surface area contributed by atoms with Gasteiger partial charge in [0.1, 0.15) is 0 Å². The molecule has 1 aromatic heterocycles. The maximum Gasteiger partial charge on any atom is 0.0992 e. The first-order chi connectivity index (χ1) is 8.16. The summed E-state index contributed by atoms with van der Waals surface area (Å²) < 4.78 is 1.87. The van der Waals surface area contributed by atoms with E-state index in [1.807, 2.05) is 29.0 Å². The van der Waals surface area contributed by atoms with Crippen LogP contribution in [-0.4, -0.2) is 20.3 Å². The molecule has 1 fully saturated rings. The van der Waals surface area contributed by atoms with Crippen LogP contribution in [0.25, 0.3) is 5.69 Å². The Morgan fingerprint density at radius 2 is 2.24 bits per heavy atom. The third kappa shape index (κ3) is 2.21. The van der Waals surface area contributed by atoms with Gasteiger partial charge in [-0.25, -0.2) is 4.98 Å². The van der Waals surface area contributed by atoms with Crippen LogP contribution in [0.5, 0.6) is 0 Å². The zero-order valence-corrected chi connectivity index (χ0v) is 10.1. The number of rotatable bonds is 3. The van der Waals surface area contributed by atoms with E-state index in [1.54, 1.807) is 12.5 Å². The largest absolute Gasteiger partial charge is 0.390 e. The minimum absolute atomic E-state index is 0.472. The van der Waals surface area contributed by atoms with Crippen molar-refractivity contribution in [2.45, 2.75) is 24.9 Å². The summed E-state index contributed by atoms with van der Waals surface area (Å²) in [4.78, 5) is 4.00. The molecule has 4 heteroatoms. The number of halogens is 1. The SMILES string of the molecule is OC1(Cc2ccc(-n3ccnc3)c(Cl)c2)CC1. The van der Waals surface area contributed by atoms with Gasteiger partial charge in [0.15, 0.2) is 0 Å². The molecule has 0 amide bonds. The van der Waals surface area contributed by atoms with Crippen molar-refractivity contribution in [1.82, 2.24) is 9.55 Å². The molecular formula is C13H13ClN2O. The molecule has 88 valence electrons. The fourth-order valence-electron chi connectivity index (χ4n) is 1.97. The Morgan fingerprint density at radius 3 is 2.82 bits per heavy atom. The summed E-state index contributed by atoms with van der Waals surface area (Å²) in [6.45, 7) is 0. The van der Waals surface area contributed by atoms with Gasteiger partial charge in [-0.2, -0.15) is 0 Å². The topological polar surface area (TPSA) is 38.0 Å². The highest BCUT2D eigenvalue weighted by Gasteiger charge is 2.40. The third-order valence-corrected chi connectivity index (χ3v) is 3.46. The number of aliphatic hydroxyl groups is 1. The van der Waals surface area contributed by atoms with Crippen LogP contribution in [0.3, 0.4) is 0 Å². The highest BCUT2D eigenvalue weighted by Crippen LogP contribution is 2.38. The number of aromatic nitrogens is 2. The predicted octanol–water partition coefficient (Wildman–Crippen LogP) is 2.59. The molecule has 1 saturated carbocycles. The highest BCUT2D eigenvalue weighted by molar-refractivity contribution is 6.32. The summed E-state index contributed by atoms with van der Waals surface area (Å²) in [5, 5.41) is 10.6. The van der Waals surface area contributed by atoms with E-state index in [-0.39, 0.29) is 0 Å². The molecule has 0 saturated heterocycles. The molecule has 1 aliphatic carbocycles. The summed E-state index contributed by atoms with van der Waals surface area (Å²) in [6, 6.07) is 5.90. The second kappa shape index (κ2) is 3.86. The molecule has 0 atom stereocenters. The average molecular weight is 249 g/mol. The molecule has 3 nitrogen and oxygen atoms in total. The Labute approximate surface area is 105 Å². The average Bonchev–Trinajstić information content (AvgIpc) is 2.81. The van der Waals surface area contributed by atoms with Gasteiger partial charge >= 0.3 is 0 Å². The van der Waals surface area contributed by atoms with E-state index in [0.29, 0.717) is 11.4 Å². The van der Waals surface area contributed by atoms with Crippen molar-refractivity contribution in [3.05, 3.63) is 47.5 Å². The lowest BCUT2D eigenvalue weighted by molar-refractivity contribution is 0.151. The van der Waals surface area contributed by atoms with Crippen LogP contribution in [0.15, 0.2) is 36.9 Å². The molecule has 0 radical (unpaired) electrons. The van der Waals surface area contributed by atoms with Gasteiger partial charge in [0.2, 0.25) is 0 Å². The maximum atomic E-state index is 9.87. The lowest BCUT2D eigenvalue weighted by Gasteiger charge is -2.10. The molecule has 17 heavy (non-hydrogen) atoms. The number of imidazole rings is 1. The molecule has 0 bridgehead atoms. The summed E-state index contributed by atoms with van der Waals surface area (Å²) >= 11 is 6.24. The van der Waals surface area contributed by atoms with E-state index < -0.39 is 5.60 Å². The molecule has 0 spiro atoms. The minimum atomic E-state index is -0.472. The van der Waals surface area contributed by atoms with Crippen molar-refractivity contribution >= 4 is 11.6 Å². The van der Waals surface area contributed by atoms with Gasteiger partial charge in [0.25, 0.3) is 0 Å². The normalized spacial score (nSPS) is 17.1. The van der Waals surface area contributed by atoms with Crippen LogP contribution in [0.4, 0.5) is 0 Å². The van der Waals surface area contributed by atoms with Crippen molar-refractivity contribution in [1.29, 1.82) is 0 Å². The van der Waals surface area contributed by atoms with E-state index in [4.69, 9.17) is 11.6 Å². The van der Waals surface area contributed by atoms with Crippen LogP contribution >= 0.6 is 11.6 Å². The van der Waals surface area contributed by atoms with Crippen molar-refractivity contribution in [2.24, 2.45) is 0 Å². The lowest BCUT2D eigenvalue weighted by atomic mass is 10.1. The second-order valence-corrected chi connectivity index (χ2v) is 5.06. The van der Waals surface area contributed by atoms with Crippen LogP contribution in [-0.2, 0) is 6.42 Å². The summed E-state index contributed by atoms with van der Waals surface area (Å²) in [6.07, 6.45) is 7.78. The van der Waals surface area contributed by atoms with Gasteiger partial charge in [0, 0.05) is 18.8 Å². The minimum Gasteiger partial charge on any atom is -0.390 e. The third-order valence-electron chi connectivity index (χ3n) is 3.16. The number of benzene rings is 1. The van der Waals surface area contributed by atoms with E-state index in [2.05, 4.69) is 4.98 Å². The quantitative estimate of drug-likeness (QED) is 0.907. The van der Waals surface area contributed by atoms with E-state index >= 15 is 0 Å². The first-order valence-corrected chi connectivity index (χ1v) is 6.03. The number of hydrogen-bond acceptors (Lipinski definition) is 2. The molecule has 0 unspecified atom stereocenters. The molecule has 1 N–H and O–H groups in total. The first-order valence-electron chi connectivity index (χ1n) is 5.65. The molecule has 1 aliphatic rings. The second-order valence-electron chi connectivity index (χ2n) is 4.66. The Morgan fingerprint density at radius 1 is 1.41 bits per heavy atom. The Bertz CT molecular complexity index is 532. The summed E-state index contributed by atoms with van der Waals surface area (Å²) in [5.41, 5.74) is 1.52. The molecule has 1 aromatic carbocycles. The van der Waals surface area contributed by atoms with E-state index in [1.165, 1.54) is 0 Å². The Kier molecular flexibility index (Phi) is 2.45. The lowest BCUT2D eigenvalue weighted by Crippen LogP contribution is -2.10. The van der Waals surface area contributed by atoms with Gasteiger partial charge in [0.05, 0.1) is 22.6 Å². The fourth-order valence-corrected chi connectivity index (χ4v) is 2.27. The van der Waals surface area contributed by atoms with Crippen molar-refractivity contribution in [3.63, 3.8) is 0 Å². The molecule has 1 heterocycles. The van der Waals surface area contributed by atoms with Gasteiger partial charge in [-0.3, -0.25) is 0 Å².